The van der Waals surface area contributed by atoms with Crippen LogP contribution in [0.3, 0.4) is 0 Å². The lowest BCUT2D eigenvalue weighted by Gasteiger charge is -2.30. The molecule has 1 atom stereocenters. The molecule has 4 heteroatoms. The van der Waals surface area contributed by atoms with Gasteiger partial charge in [0, 0.05) is 25.5 Å². The molecule has 18 heavy (non-hydrogen) atoms. The first-order valence-electron chi connectivity index (χ1n) is 7.00. The number of anilines is 1. The van der Waals surface area contributed by atoms with Crippen molar-refractivity contribution in [2.45, 2.75) is 51.5 Å². The van der Waals surface area contributed by atoms with Crippen LogP contribution in [0, 0.1) is 5.92 Å². The normalized spacial score (nSPS) is 18.6. The predicted molar refractivity (Wildman–Crippen MR) is 73.8 cm³/mol. The summed E-state index contributed by atoms with van der Waals surface area (Å²) in [6, 6.07) is 0.382. The third-order valence-corrected chi connectivity index (χ3v) is 4.00. The first kappa shape index (κ1) is 13.1. The van der Waals surface area contributed by atoms with Crippen molar-refractivity contribution in [3.63, 3.8) is 0 Å². The molecule has 1 aromatic rings. The summed E-state index contributed by atoms with van der Waals surface area (Å²) in [5.41, 5.74) is -0.0354. The van der Waals surface area contributed by atoms with Gasteiger partial charge in [-0.3, -0.25) is 4.79 Å². The summed E-state index contributed by atoms with van der Waals surface area (Å²) in [7, 11) is 1.76. The molecule has 0 amide bonds. The van der Waals surface area contributed by atoms with Gasteiger partial charge in [-0.25, -0.2) is 4.98 Å². The van der Waals surface area contributed by atoms with Crippen LogP contribution in [-0.4, -0.2) is 15.6 Å². The fourth-order valence-corrected chi connectivity index (χ4v) is 2.86. The summed E-state index contributed by atoms with van der Waals surface area (Å²) in [5, 5.41) is 3.36. The lowest BCUT2D eigenvalue weighted by Crippen LogP contribution is -2.34. The Hall–Kier alpha value is -1.32. The predicted octanol–water partition coefficient (Wildman–Crippen LogP) is 2.55. The molecule has 1 fully saturated rings. The SMILES string of the molecule is CCC(Nc1nccn(C)c1=O)C1CCCCC1. The van der Waals surface area contributed by atoms with Crippen LogP contribution < -0.4 is 10.9 Å². The monoisotopic (exact) mass is 249 g/mol. The number of hydrogen-bond donors (Lipinski definition) is 1. The van der Waals surface area contributed by atoms with E-state index in [4.69, 9.17) is 0 Å². The van der Waals surface area contributed by atoms with E-state index >= 15 is 0 Å². The second kappa shape index (κ2) is 6.03. The van der Waals surface area contributed by atoms with Crippen molar-refractivity contribution >= 4 is 5.82 Å². The highest BCUT2D eigenvalue weighted by atomic mass is 16.1. The van der Waals surface area contributed by atoms with Crippen LogP contribution in [0.5, 0.6) is 0 Å². The maximum Gasteiger partial charge on any atom is 0.293 e. The van der Waals surface area contributed by atoms with Gasteiger partial charge in [-0.1, -0.05) is 26.2 Å². The Morgan fingerprint density at radius 1 is 1.44 bits per heavy atom. The van der Waals surface area contributed by atoms with Gasteiger partial charge in [-0.2, -0.15) is 0 Å². The zero-order valence-corrected chi connectivity index (χ0v) is 11.4. The van der Waals surface area contributed by atoms with Gasteiger partial charge in [0.15, 0.2) is 5.82 Å². The summed E-state index contributed by atoms with van der Waals surface area (Å²) in [4.78, 5) is 16.1. The smallest absolute Gasteiger partial charge is 0.293 e. The van der Waals surface area contributed by atoms with Gasteiger partial charge < -0.3 is 9.88 Å². The molecular formula is C14H23N3O. The van der Waals surface area contributed by atoms with Gasteiger partial charge in [0.2, 0.25) is 0 Å². The first-order valence-corrected chi connectivity index (χ1v) is 7.00. The van der Waals surface area contributed by atoms with Gasteiger partial charge in [-0.15, -0.1) is 0 Å². The van der Waals surface area contributed by atoms with E-state index in [0.29, 0.717) is 17.8 Å². The van der Waals surface area contributed by atoms with Crippen molar-refractivity contribution in [3.05, 3.63) is 22.7 Å². The van der Waals surface area contributed by atoms with E-state index in [1.807, 2.05) is 0 Å². The van der Waals surface area contributed by atoms with Crippen molar-refractivity contribution in [3.8, 4) is 0 Å². The fourth-order valence-electron chi connectivity index (χ4n) is 2.86. The van der Waals surface area contributed by atoms with Crippen LogP contribution in [0.2, 0.25) is 0 Å². The maximum atomic E-state index is 11.9. The minimum absolute atomic E-state index is 0.0354. The Morgan fingerprint density at radius 2 is 2.17 bits per heavy atom. The molecule has 0 radical (unpaired) electrons. The lowest BCUT2D eigenvalue weighted by atomic mass is 9.83. The molecule has 1 aliphatic rings. The molecular weight excluding hydrogens is 226 g/mol. The minimum Gasteiger partial charge on any atom is -0.362 e. The number of nitrogens with zero attached hydrogens (tertiary/aromatic N) is 2. The molecule has 0 aliphatic heterocycles. The van der Waals surface area contributed by atoms with Crippen molar-refractivity contribution in [1.82, 2.24) is 9.55 Å². The lowest BCUT2D eigenvalue weighted by molar-refractivity contribution is 0.312. The maximum absolute atomic E-state index is 11.9. The highest BCUT2D eigenvalue weighted by Crippen LogP contribution is 2.28. The number of rotatable bonds is 4. The number of aryl methyl sites for hydroxylation is 1. The molecule has 0 saturated heterocycles. The van der Waals surface area contributed by atoms with Gasteiger partial charge in [0.1, 0.15) is 0 Å². The molecule has 2 rings (SSSR count). The summed E-state index contributed by atoms with van der Waals surface area (Å²) in [5.74, 6) is 1.19. The molecule has 1 aromatic heterocycles. The summed E-state index contributed by atoms with van der Waals surface area (Å²) >= 11 is 0. The quantitative estimate of drug-likeness (QED) is 0.892. The Balaban J connectivity index is 2.09. The van der Waals surface area contributed by atoms with Gasteiger partial charge >= 0.3 is 0 Å². The molecule has 4 nitrogen and oxygen atoms in total. The van der Waals surface area contributed by atoms with E-state index < -0.39 is 0 Å². The zero-order valence-electron chi connectivity index (χ0n) is 11.4. The molecule has 0 bridgehead atoms. The molecule has 1 saturated carbocycles. The van der Waals surface area contributed by atoms with E-state index in [0.717, 1.165) is 6.42 Å². The molecule has 0 spiro atoms. The molecule has 1 unspecified atom stereocenters. The van der Waals surface area contributed by atoms with Crippen molar-refractivity contribution in [2.24, 2.45) is 13.0 Å². The highest BCUT2D eigenvalue weighted by molar-refractivity contribution is 5.32. The Morgan fingerprint density at radius 3 is 2.83 bits per heavy atom. The third-order valence-electron chi connectivity index (χ3n) is 4.00. The van der Waals surface area contributed by atoms with Crippen LogP contribution in [-0.2, 0) is 7.05 Å². The average molecular weight is 249 g/mol. The molecule has 1 N–H and O–H groups in total. The second-order valence-electron chi connectivity index (χ2n) is 5.25. The molecule has 0 aromatic carbocycles. The largest absolute Gasteiger partial charge is 0.362 e. The van der Waals surface area contributed by atoms with Crippen molar-refractivity contribution in [2.75, 3.05) is 5.32 Å². The van der Waals surface area contributed by atoms with E-state index in [-0.39, 0.29) is 5.56 Å². The van der Waals surface area contributed by atoms with Crippen LogP contribution in [0.4, 0.5) is 5.82 Å². The van der Waals surface area contributed by atoms with E-state index in [1.54, 1.807) is 24.0 Å². The summed E-state index contributed by atoms with van der Waals surface area (Å²) < 4.78 is 1.57. The van der Waals surface area contributed by atoms with Crippen molar-refractivity contribution < 1.29 is 0 Å². The Bertz CT molecular complexity index is 435. The van der Waals surface area contributed by atoms with Crippen LogP contribution in [0.15, 0.2) is 17.2 Å². The van der Waals surface area contributed by atoms with Gasteiger partial charge in [0.25, 0.3) is 5.56 Å². The third kappa shape index (κ3) is 2.92. The van der Waals surface area contributed by atoms with Crippen molar-refractivity contribution in [1.29, 1.82) is 0 Å². The topological polar surface area (TPSA) is 46.9 Å². The van der Waals surface area contributed by atoms with E-state index in [9.17, 15) is 4.79 Å². The fraction of sp³-hybridized carbons (Fsp3) is 0.714. The summed E-state index contributed by atoms with van der Waals surface area (Å²) in [6.07, 6.45) is 11.0. The van der Waals surface area contributed by atoms with Gasteiger partial charge in [0.05, 0.1) is 0 Å². The van der Waals surface area contributed by atoms with E-state index in [1.165, 1.54) is 32.1 Å². The second-order valence-corrected chi connectivity index (χ2v) is 5.25. The Labute approximate surface area is 108 Å². The van der Waals surface area contributed by atoms with Gasteiger partial charge in [-0.05, 0) is 25.2 Å². The minimum atomic E-state index is -0.0354. The van der Waals surface area contributed by atoms with Crippen LogP contribution in [0.25, 0.3) is 0 Å². The standard InChI is InChI=1S/C14H23N3O/c1-3-12(11-7-5-4-6-8-11)16-13-14(18)17(2)10-9-15-13/h9-12H,3-8H2,1-2H3,(H,15,16). The first-order chi connectivity index (χ1) is 8.72. The summed E-state index contributed by atoms with van der Waals surface area (Å²) in [6.45, 7) is 2.18. The number of hydrogen-bond acceptors (Lipinski definition) is 3. The Kier molecular flexibility index (Phi) is 4.39. The molecule has 1 aliphatic carbocycles. The number of nitrogens with one attached hydrogen (secondary N) is 1. The average Bonchev–Trinajstić information content (AvgIpc) is 2.41. The highest BCUT2D eigenvalue weighted by Gasteiger charge is 2.23. The molecule has 1 heterocycles. The van der Waals surface area contributed by atoms with E-state index in [2.05, 4.69) is 17.2 Å². The molecule has 100 valence electrons. The van der Waals surface area contributed by atoms with Crippen LogP contribution in [0.1, 0.15) is 45.4 Å². The van der Waals surface area contributed by atoms with Crippen LogP contribution >= 0.6 is 0 Å². The zero-order chi connectivity index (χ0) is 13.0. The number of aromatic nitrogens is 2.